The lowest BCUT2D eigenvalue weighted by Crippen LogP contribution is -2.31. The van der Waals surface area contributed by atoms with Crippen LogP contribution in [0.4, 0.5) is 0 Å². The maximum absolute atomic E-state index is 13.2. The molecule has 0 saturated carbocycles. The van der Waals surface area contributed by atoms with Crippen LogP contribution in [0, 0.1) is 0 Å². The van der Waals surface area contributed by atoms with Crippen molar-refractivity contribution in [3.05, 3.63) is 107 Å². The minimum atomic E-state index is -0.333. The van der Waals surface area contributed by atoms with E-state index in [1.807, 2.05) is 97.5 Å². The van der Waals surface area contributed by atoms with E-state index < -0.39 is 0 Å². The summed E-state index contributed by atoms with van der Waals surface area (Å²) in [4.78, 5) is 27.6. The molecular weight excluding hydrogens is 488 g/mol. The predicted octanol–water partition coefficient (Wildman–Crippen LogP) is 6.28. The van der Waals surface area contributed by atoms with Gasteiger partial charge in [-0.05, 0) is 49.1 Å². The van der Waals surface area contributed by atoms with Gasteiger partial charge in [-0.25, -0.2) is 4.79 Å². The number of nitrogens with zero attached hydrogens (tertiary/aromatic N) is 2. The van der Waals surface area contributed by atoms with Crippen LogP contribution in [0.3, 0.4) is 0 Å². The molecule has 0 fully saturated rings. The maximum Gasteiger partial charge on any atom is 0.333 e. The van der Waals surface area contributed by atoms with Crippen LogP contribution in [0.2, 0.25) is 0 Å². The molecule has 0 aliphatic heterocycles. The van der Waals surface area contributed by atoms with Crippen molar-refractivity contribution in [1.82, 2.24) is 9.47 Å². The van der Waals surface area contributed by atoms with E-state index in [-0.39, 0.29) is 18.4 Å². The molecule has 0 atom stereocenters. The molecule has 1 amide bonds. The highest BCUT2D eigenvalue weighted by atomic mass is 16.5. The van der Waals surface area contributed by atoms with Gasteiger partial charge >= 0.3 is 5.97 Å². The van der Waals surface area contributed by atoms with Gasteiger partial charge < -0.3 is 18.9 Å². The van der Waals surface area contributed by atoms with Crippen LogP contribution in [-0.4, -0.2) is 41.5 Å². The zero-order chi connectivity index (χ0) is 27.6. The average molecular weight is 525 g/mol. The molecule has 0 unspecified atom stereocenters. The Kier molecular flexibility index (Phi) is 9.57. The third kappa shape index (κ3) is 7.17. The summed E-state index contributed by atoms with van der Waals surface area (Å²) < 4.78 is 13.5. The number of ether oxygens (including phenoxy) is 2. The van der Waals surface area contributed by atoms with Gasteiger partial charge in [0.1, 0.15) is 18.9 Å². The second-order valence-electron chi connectivity index (χ2n) is 9.43. The molecule has 202 valence electrons. The number of rotatable bonds is 12. The first-order valence-corrected chi connectivity index (χ1v) is 13.4. The van der Waals surface area contributed by atoms with Crippen LogP contribution in [-0.2, 0) is 33.9 Å². The summed E-state index contributed by atoms with van der Waals surface area (Å²) in [5.74, 6) is 0.376. The van der Waals surface area contributed by atoms with E-state index in [4.69, 9.17) is 9.47 Å². The van der Waals surface area contributed by atoms with Crippen molar-refractivity contribution in [3.8, 4) is 5.75 Å². The summed E-state index contributed by atoms with van der Waals surface area (Å²) in [6, 6.07) is 26.0. The van der Waals surface area contributed by atoms with Crippen molar-refractivity contribution in [3.63, 3.8) is 0 Å². The minimum absolute atomic E-state index is 0.00933. The molecular formula is C33H36N2O4. The molecule has 1 aromatic heterocycles. The van der Waals surface area contributed by atoms with Crippen molar-refractivity contribution in [1.29, 1.82) is 0 Å². The summed E-state index contributed by atoms with van der Waals surface area (Å²) in [6.07, 6.45) is 5.10. The van der Waals surface area contributed by atoms with E-state index in [9.17, 15) is 9.59 Å². The summed E-state index contributed by atoms with van der Waals surface area (Å²) in [5, 5.41) is 0.864. The van der Waals surface area contributed by atoms with Gasteiger partial charge in [-0.1, -0.05) is 73.7 Å². The number of hydrogen-bond donors (Lipinski definition) is 0. The first kappa shape index (κ1) is 27.7. The smallest absolute Gasteiger partial charge is 0.333 e. The van der Waals surface area contributed by atoms with Crippen LogP contribution >= 0.6 is 0 Å². The number of carbonyl (C=O) groups is 2. The van der Waals surface area contributed by atoms with Crippen LogP contribution < -0.4 is 4.74 Å². The minimum Gasteiger partial charge on any atom is -0.488 e. The number of fused-ring (bicyclic) bond motifs is 1. The second-order valence-corrected chi connectivity index (χ2v) is 9.43. The molecule has 3 aromatic carbocycles. The highest BCUT2D eigenvalue weighted by molar-refractivity contribution is 6.00. The Morgan fingerprint density at radius 3 is 2.26 bits per heavy atom. The zero-order valence-electron chi connectivity index (χ0n) is 22.9. The lowest BCUT2D eigenvalue weighted by molar-refractivity contribution is -0.138. The van der Waals surface area contributed by atoms with Crippen LogP contribution in [0.25, 0.3) is 17.0 Å². The normalized spacial score (nSPS) is 11.4. The Hall–Kier alpha value is -4.32. The SMILES string of the molecule is CCOC(=O)/C(=C/c1cn(CC(=O)N(C)CCc2ccccc2)c2cccc(OCc3ccccc3)c12)CC. The number of aromatic nitrogens is 1. The van der Waals surface area contributed by atoms with Gasteiger partial charge in [-0.3, -0.25) is 4.79 Å². The average Bonchev–Trinajstić information content (AvgIpc) is 3.31. The first-order chi connectivity index (χ1) is 19.0. The number of hydrogen-bond acceptors (Lipinski definition) is 4. The number of benzene rings is 3. The lowest BCUT2D eigenvalue weighted by Gasteiger charge is -2.18. The predicted molar refractivity (Wildman–Crippen MR) is 155 cm³/mol. The van der Waals surface area contributed by atoms with Crippen LogP contribution in [0.5, 0.6) is 5.75 Å². The molecule has 6 nitrogen and oxygen atoms in total. The van der Waals surface area contributed by atoms with Gasteiger partial charge in [0.25, 0.3) is 0 Å². The third-order valence-electron chi connectivity index (χ3n) is 6.69. The van der Waals surface area contributed by atoms with E-state index in [1.165, 1.54) is 5.56 Å². The van der Waals surface area contributed by atoms with Gasteiger partial charge in [-0.15, -0.1) is 0 Å². The highest BCUT2D eigenvalue weighted by Gasteiger charge is 2.18. The van der Waals surface area contributed by atoms with Gasteiger partial charge in [0.05, 0.1) is 12.1 Å². The summed E-state index contributed by atoms with van der Waals surface area (Å²) in [7, 11) is 1.84. The molecule has 4 rings (SSSR count). The van der Waals surface area contributed by atoms with Crippen molar-refractivity contribution >= 4 is 28.9 Å². The quantitative estimate of drug-likeness (QED) is 0.162. The number of carbonyl (C=O) groups excluding carboxylic acids is 2. The first-order valence-electron chi connectivity index (χ1n) is 13.4. The Morgan fingerprint density at radius 1 is 0.897 bits per heavy atom. The lowest BCUT2D eigenvalue weighted by atomic mass is 10.1. The molecule has 39 heavy (non-hydrogen) atoms. The Balaban J connectivity index is 1.64. The van der Waals surface area contributed by atoms with E-state index >= 15 is 0 Å². The van der Waals surface area contributed by atoms with Crippen molar-refractivity contribution in [2.24, 2.45) is 0 Å². The van der Waals surface area contributed by atoms with E-state index in [0.717, 1.165) is 28.5 Å². The number of esters is 1. The molecule has 0 saturated heterocycles. The van der Waals surface area contributed by atoms with Gasteiger partial charge in [0.15, 0.2) is 0 Å². The number of likely N-dealkylation sites (N-methyl/N-ethyl adjacent to an activating group) is 1. The maximum atomic E-state index is 13.2. The molecule has 4 aromatic rings. The molecule has 0 spiro atoms. The van der Waals surface area contributed by atoms with E-state index in [0.29, 0.717) is 37.5 Å². The Morgan fingerprint density at radius 2 is 1.59 bits per heavy atom. The fraction of sp³-hybridized carbons (Fsp3) is 0.273. The summed E-state index contributed by atoms with van der Waals surface area (Å²) >= 11 is 0. The zero-order valence-corrected chi connectivity index (χ0v) is 22.9. The van der Waals surface area contributed by atoms with Gasteiger partial charge in [0.2, 0.25) is 5.91 Å². The summed E-state index contributed by atoms with van der Waals surface area (Å²) in [6.45, 7) is 5.26. The number of amides is 1. The molecule has 6 heteroatoms. The van der Waals surface area contributed by atoms with E-state index in [1.54, 1.807) is 11.8 Å². The Labute approximate surface area is 230 Å². The van der Waals surface area contributed by atoms with E-state index in [2.05, 4.69) is 12.1 Å². The van der Waals surface area contributed by atoms with Crippen molar-refractivity contribution < 1.29 is 19.1 Å². The standard InChI is InChI=1S/C33H36N2O4/c1-4-27(33(37)38-5-2)21-28-22-35(23-31(36)34(3)20-19-25-13-8-6-9-14-25)29-17-12-18-30(32(28)29)39-24-26-15-10-7-11-16-26/h6-18,21-22H,4-5,19-20,23-24H2,1-3H3/b27-21+. The molecule has 0 radical (unpaired) electrons. The summed E-state index contributed by atoms with van der Waals surface area (Å²) in [5.41, 5.74) is 4.51. The largest absolute Gasteiger partial charge is 0.488 e. The van der Waals surface area contributed by atoms with Gasteiger partial charge in [0, 0.05) is 36.3 Å². The van der Waals surface area contributed by atoms with Crippen molar-refractivity contribution in [2.45, 2.75) is 39.8 Å². The molecule has 0 N–H and O–H groups in total. The molecule has 1 heterocycles. The third-order valence-corrected chi connectivity index (χ3v) is 6.69. The Bertz CT molecular complexity index is 1420. The molecule has 0 aliphatic rings. The van der Waals surface area contributed by atoms with Crippen molar-refractivity contribution in [2.75, 3.05) is 20.2 Å². The fourth-order valence-corrected chi connectivity index (χ4v) is 4.50. The van der Waals surface area contributed by atoms with Crippen LogP contribution in [0.15, 0.2) is 90.6 Å². The highest BCUT2D eigenvalue weighted by Crippen LogP contribution is 2.33. The molecule has 0 bridgehead atoms. The topological polar surface area (TPSA) is 60.8 Å². The fourth-order valence-electron chi connectivity index (χ4n) is 4.50. The molecule has 0 aliphatic carbocycles. The van der Waals surface area contributed by atoms with Crippen LogP contribution in [0.1, 0.15) is 37.0 Å². The monoisotopic (exact) mass is 524 g/mol. The van der Waals surface area contributed by atoms with Gasteiger partial charge in [-0.2, -0.15) is 0 Å². The second kappa shape index (κ2) is 13.5.